The van der Waals surface area contributed by atoms with Crippen molar-refractivity contribution in [1.82, 2.24) is 4.98 Å². The van der Waals surface area contributed by atoms with Gasteiger partial charge in [0.2, 0.25) is 0 Å². The molecular formula is C15H22ClNO2. The molecule has 1 rings (SSSR count). The van der Waals surface area contributed by atoms with Crippen LogP contribution < -0.4 is 0 Å². The Morgan fingerprint density at radius 2 is 2.00 bits per heavy atom. The molecule has 0 atom stereocenters. The minimum atomic E-state index is -0.328. The first-order chi connectivity index (χ1) is 8.84. The zero-order chi connectivity index (χ0) is 14.5. The second-order valence-corrected chi connectivity index (χ2v) is 6.04. The van der Waals surface area contributed by atoms with Gasteiger partial charge < -0.3 is 4.74 Å². The Labute approximate surface area is 120 Å². The second-order valence-electron chi connectivity index (χ2n) is 5.66. The lowest BCUT2D eigenvalue weighted by atomic mass is 9.91. The molecular weight excluding hydrogens is 262 g/mol. The Morgan fingerprint density at radius 3 is 2.58 bits per heavy atom. The Hall–Kier alpha value is -1.09. The van der Waals surface area contributed by atoms with Crippen molar-refractivity contribution in [2.24, 2.45) is 0 Å². The predicted molar refractivity (Wildman–Crippen MR) is 77.8 cm³/mol. The first-order valence-electron chi connectivity index (χ1n) is 6.69. The predicted octanol–water partition coefficient (Wildman–Crippen LogP) is 4.38. The summed E-state index contributed by atoms with van der Waals surface area (Å²) in [7, 11) is 0. The molecule has 0 unspecified atom stereocenters. The molecule has 0 aliphatic rings. The topological polar surface area (TPSA) is 39.2 Å². The number of esters is 1. The molecule has 0 saturated heterocycles. The number of rotatable bonds is 5. The Balaban J connectivity index is 2.77. The number of halogens is 1. The Morgan fingerprint density at radius 1 is 1.32 bits per heavy atom. The summed E-state index contributed by atoms with van der Waals surface area (Å²) in [6.07, 6.45) is 3.07. The largest absolute Gasteiger partial charge is 0.462 e. The average Bonchev–Trinajstić information content (AvgIpc) is 2.32. The quantitative estimate of drug-likeness (QED) is 0.457. The number of ether oxygens (including phenoxy) is 1. The van der Waals surface area contributed by atoms with Crippen LogP contribution in [0.5, 0.6) is 0 Å². The second kappa shape index (κ2) is 6.90. The van der Waals surface area contributed by atoms with Crippen LogP contribution in [-0.4, -0.2) is 17.6 Å². The lowest BCUT2D eigenvalue weighted by Crippen LogP contribution is -2.16. The van der Waals surface area contributed by atoms with Crippen LogP contribution in [0, 0.1) is 0 Å². The van der Waals surface area contributed by atoms with E-state index in [0.29, 0.717) is 17.3 Å². The molecule has 19 heavy (non-hydrogen) atoms. The van der Waals surface area contributed by atoms with Gasteiger partial charge in [0.15, 0.2) is 0 Å². The van der Waals surface area contributed by atoms with E-state index in [1.165, 1.54) is 0 Å². The van der Waals surface area contributed by atoms with Crippen LogP contribution in [0.2, 0.25) is 5.15 Å². The van der Waals surface area contributed by atoms with Gasteiger partial charge in [-0.15, -0.1) is 0 Å². The van der Waals surface area contributed by atoms with Gasteiger partial charge in [0, 0.05) is 11.1 Å². The lowest BCUT2D eigenvalue weighted by molar-refractivity contribution is 0.0498. The van der Waals surface area contributed by atoms with Crippen LogP contribution in [0.3, 0.4) is 0 Å². The average molecular weight is 284 g/mol. The number of aromatic nitrogens is 1. The molecule has 0 aliphatic heterocycles. The third-order valence-corrected chi connectivity index (χ3v) is 2.97. The van der Waals surface area contributed by atoms with Gasteiger partial charge >= 0.3 is 5.97 Å². The summed E-state index contributed by atoms with van der Waals surface area (Å²) in [5.74, 6) is -0.328. The molecule has 0 amide bonds. The highest BCUT2D eigenvalue weighted by molar-refractivity contribution is 6.29. The summed E-state index contributed by atoms with van der Waals surface area (Å²) >= 11 is 5.97. The van der Waals surface area contributed by atoms with E-state index in [2.05, 4.69) is 11.9 Å². The highest BCUT2D eigenvalue weighted by Crippen LogP contribution is 2.23. The third-order valence-electron chi connectivity index (χ3n) is 2.78. The van der Waals surface area contributed by atoms with E-state index in [0.717, 1.165) is 25.0 Å². The SMILES string of the molecule is CCCCCOC(=O)c1cc(Cl)nc(C(C)(C)C)c1. The molecule has 1 heterocycles. The standard InChI is InChI=1S/C15H22ClNO2/c1-5-6-7-8-19-14(18)11-9-12(15(2,3)4)17-13(16)10-11/h9-10H,5-8H2,1-4H3. The maximum Gasteiger partial charge on any atom is 0.338 e. The fraction of sp³-hybridized carbons (Fsp3) is 0.600. The fourth-order valence-electron chi connectivity index (χ4n) is 1.60. The number of carbonyl (C=O) groups excluding carboxylic acids is 1. The number of hydrogen-bond donors (Lipinski definition) is 0. The van der Waals surface area contributed by atoms with Crippen molar-refractivity contribution >= 4 is 17.6 Å². The van der Waals surface area contributed by atoms with Crippen molar-refractivity contribution in [3.8, 4) is 0 Å². The van der Waals surface area contributed by atoms with Gasteiger partial charge in [-0.1, -0.05) is 52.1 Å². The zero-order valence-electron chi connectivity index (χ0n) is 12.1. The summed E-state index contributed by atoms with van der Waals surface area (Å²) in [5.41, 5.74) is 1.12. The van der Waals surface area contributed by atoms with Crippen molar-refractivity contribution in [3.05, 3.63) is 28.5 Å². The summed E-state index contributed by atoms with van der Waals surface area (Å²) in [5, 5.41) is 0.327. The molecule has 3 nitrogen and oxygen atoms in total. The summed E-state index contributed by atoms with van der Waals surface area (Å²) in [6, 6.07) is 3.31. The molecule has 0 aromatic carbocycles. The van der Waals surface area contributed by atoms with E-state index < -0.39 is 0 Å². The van der Waals surface area contributed by atoms with E-state index in [-0.39, 0.29) is 11.4 Å². The summed E-state index contributed by atoms with van der Waals surface area (Å²) in [4.78, 5) is 16.2. The first-order valence-corrected chi connectivity index (χ1v) is 7.07. The van der Waals surface area contributed by atoms with Crippen molar-refractivity contribution in [2.75, 3.05) is 6.61 Å². The maximum atomic E-state index is 11.9. The Kier molecular flexibility index (Phi) is 5.80. The molecule has 1 aromatic heterocycles. The van der Waals surface area contributed by atoms with Crippen LogP contribution in [0.25, 0.3) is 0 Å². The van der Waals surface area contributed by atoms with Gasteiger partial charge in [0.1, 0.15) is 5.15 Å². The minimum Gasteiger partial charge on any atom is -0.462 e. The van der Waals surface area contributed by atoms with E-state index >= 15 is 0 Å². The minimum absolute atomic E-state index is 0.151. The van der Waals surface area contributed by atoms with E-state index in [4.69, 9.17) is 16.3 Å². The zero-order valence-corrected chi connectivity index (χ0v) is 12.9. The molecule has 4 heteroatoms. The van der Waals surface area contributed by atoms with Crippen LogP contribution in [0.1, 0.15) is 63.0 Å². The molecule has 0 bridgehead atoms. The van der Waals surface area contributed by atoms with Gasteiger partial charge in [-0.25, -0.2) is 9.78 Å². The Bertz CT molecular complexity index is 438. The normalized spacial score (nSPS) is 11.4. The lowest BCUT2D eigenvalue weighted by Gasteiger charge is -2.18. The van der Waals surface area contributed by atoms with Crippen LogP contribution in [-0.2, 0) is 10.2 Å². The molecule has 1 aromatic rings. The molecule has 0 fully saturated rings. The molecule has 0 radical (unpaired) electrons. The molecule has 0 aliphatic carbocycles. The number of pyridine rings is 1. The molecule has 0 spiro atoms. The van der Waals surface area contributed by atoms with E-state index in [1.54, 1.807) is 12.1 Å². The maximum absolute atomic E-state index is 11.9. The fourth-order valence-corrected chi connectivity index (χ4v) is 1.81. The van der Waals surface area contributed by atoms with Gasteiger partial charge in [-0.2, -0.15) is 0 Å². The number of unbranched alkanes of at least 4 members (excludes halogenated alkanes) is 2. The van der Waals surface area contributed by atoms with Gasteiger partial charge in [-0.3, -0.25) is 0 Å². The van der Waals surface area contributed by atoms with Crippen molar-refractivity contribution < 1.29 is 9.53 Å². The first kappa shape index (κ1) is 16.0. The smallest absolute Gasteiger partial charge is 0.338 e. The number of carbonyl (C=O) groups is 1. The van der Waals surface area contributed by atoms with Crippen LogP contribution in [0.15, 0.2) is 12.1 Å². The van der Waals surface area contributed by atoms with Gasteiger partial charge in [0.25, 0.3) is 0 Å². The van der Waals surface area contributed by atoms with Crippen molar-refractivity contribution in [3.63, 3.8) is 0 Å². The van der Waals surface area contributed by atoms with Gasteiger partial charge in [-0.05, 0) is 18.6 Å². The summed E-state index contributed by atoms with van der Waals surface area (Å²) < 4.78 is 5.23. The third kappa shape index (κ3) is 5.19. The van der Waals surface area contributed by atoms with Crippen LogP contribution >= 0.6 is 11.6 Å². The van der Waals surface area contributed by atoms with E-state index in [9.17, 15) is 4.79 Å². The number of hydrogen-bond acceptors (Lipinski definition) is 3. The highest BCUT2D eigenvalue weighted by atomic mass is 35.5. The monoisotopic (exact) mass is 283 g/mol. The van der Waals surface area contributed by atoms with Crippen LogP contribution in [0.4, 0.5) is 0 Å². The highest BCUT2D eigenvalue weighted by Gasteiger charge is 2.19. The molecule has 106 valence electrons. The molecule has 0 saturated carbocycles. The summed E-state index contributed by atoms with van der Waals surface area (Å²) in [6.45, 7) is 8.66. The van der Waals surface area contributed by atoms with Gasteiger partial charge in [0.05, 0.1) is 12.2 Å². The van der Waals surface area contributed by atoms with E-state index in [1.807, 2.05) is 20.8 Å². The van der Waals surface area contributed by atoms with Crippen molar-refractivity contribution in [1.29, 1.82) is 0 Å². The van der Waals surface area contributed by atoms with Crippen molar-refractivity contribution in [2.45, 2.75) is 52.4 Å². The molecule has 0 N–H and O–H groups in total. The number of nitrogens with zero attached hydrogens (tertiary/aromatic N) is 1.